The van der Waals surface area contributed by atoms with E-state index in [2.05, 4.69) is 5.32 Å². The first-order chi connectivity index (χ1) is 14.5. The fraction of sp³-hybridized carbons (Fsp3) is 0.0800. The number of carbonyl (C=O) groups is 3. The highest BCUT2D eigenvalue weighted by molar-refractivity contribution is 6.41. The maximum atomic E-state index is 12.5. The Morgan fingerprint density at radius 3 is 2.27 bits per heavy atom. The van der Waals surface area contributed by atoms with Crippen LogP contribution in [0, 0.1) is 6.92 Å². The number of benzene rings is 3. The topological polar surface area (TPSA) is 72.5 Å². The first-order valence-electron chi connectivity index (χ1n) is 9.51. The summed E-state index contributed by atoms with van der Waals surface area (Å²) in [6, 6.07) is 21.2. The molecule has 0 unspecified atom stereocenters. The van der Waals surface area contributed by atoms with Crippen LogP contribution >= 0.6 is 0 Å². The van der Waals surface area contributed by atoms with Crippen LogP contribution in [-0.2, 0) is 4.79 Å². The molecule has 3 aromatic carbocycles. The molecule has 5 nitrogen and oxygen atoms in total. The van der Waals surface area contributed by atoms with Crippen LogP contribution in [0.25, 0.3) is 6.08 Å². The Hall–Kier alpha value is -3.99. The highest BCUT2D eigenvalue weighted by atomic mass is 16.5. The number of Topliss-reactive ketones (excluding diaryl/α,β-unsaturated/α-hetero) is 2. The van der Waals surface area contributed by atoms with Crippen molar-refractivity contribution in [3.8, 4) is 5.75 Å². The summed E-state index contributed by atoms with van der Waals surface area (Å²) in [6.45, 7) is 1.76. The van der Waals surface area contributed by atoms with Crippen LogP contribution in [0.1, 0.15) is 31.8 Å². The van der Waals surface area contributed by atoms with E-state index in [-0.39, 0.29) is 29.7 Å². The van der Waals surface area contributed by atoms with Gasteiger partial charge in [-0.15, -0.1) is 0 Å². The lowest BCUT2D eigenvalue weighted by Gasteiger charge is -2.10. The number of para-hydroxylation sites is 1. The van der Waals surface area contributed by atoms with Gasteiger partial charge < -0.3 is 10.1 Å². The molecule has 0 saturated carbocycles. The Balaban J connectivity index is 1.45. The van der Waals surface area contributed by atoms with Gasteiger partial charge in [-0.1, -0.05) is 54.6 Å². The smallest absolute Gasteiger partial charge is 0.262 e. The summed E-state index contributed by atoms with van der Waals surface area (Å²) in [5.41, 5.74) is 3.33. The van der Waals surface area contributed by atoms with Crippen molar-refractivity contribution in [1.82, 2.24) is 0 Å². The average molecular weight is 397 g/mol. The van der Waals surface area contributed by atoms with E-state index in [0.29, 0.717) is 22.4 Å². The van der Waals surface area contributed by atoms with E-state index in [1.165, 1.54) is 0 Å². The minimum absolute atomic E-state index is 0.130. The minimum atomic E-state index is -0.278. The average Bonchev–Trinajstić information content (AvgIpc) is 2.99. The fourth-order valence-corrected chi connectivity index (χ4v) is 3.31. The third-order valence-corrected chi connectivity index (χ3v) is 4.86. The number of nitrogens with one attached hydrogen (secondary N) is 1. The molecule has 0 aliphatic heterocycles. The number of anilines is 1. The van der Waals surface area contributed by atoms with Crippen molar-refractivity contribution in [1.29, 1.82) is 0 Å². The van der Waals surface area contributed by atoms with Crippen LogP contribution in [0.2, 0.25) is 0 Å². The number of rotatable bonds is 5. The van der Waals surface area contributed by atoms with E-state index < -0.39 is 0 Å². The molecule has 30 heavy (non-hydrogen) atoms. The van der Waals surface area contributed by atoms with Gasteiger partial charge in [0.15, 0.2) is 18.2 Å². The van der Waals surface area contributed by atoms with Gasteiger partial charge in [0.2, 0.25) is 0 Å². The van der Waals surface area contributed by atoms with Gasteiger partial charge in [-0.2, -0.15) is 0 Å². The molecule has 0 spiro atoms. The van der Waals surface area contributed by atoms with Gasteiger partial charge in [-0.25, -0.2) is 0 Å². The molecule has 0 atom stereocenters. The molecule has 0 aromatic heterocycles. The molecule has 148 valence electrons. The predicted octanol–water partition coefficient (Wildman–Crippen LogP) is 4.48. The number of fused-ring (bicyclic) bond motifs is 1. The van der Waals surface area contributed by atoms with Crippen LogP contribution in [0.15, 0.2) is 78.4 Å². The molecule has 0 radical (unpaired) electrons. The standard InChI is InChI=1S/C25H19NO4/c1-16-7-2-5-12-22(16)26-23(27)15-30-18-9-6-8-17(13-18)14-21-24(28)19-10-3-4-11-20(19)25(21)29/h2-14H,15H2,1H3,(H,26,27). The lowest BCUT2D eigenvalue weighted by Crippen LogP contribution is -2.20. The quantitative estimate of drug-likeness (QED) is 0.509. The van der Waals surface area contributed by atoms with Crippen LogP contribution in [-0.4, -0.2) is 24.1 Å². The molecule has 1 N–H and O–H groups in total. The summed E-state index contributed by atoms with van der Waals surface area (Å²) in [5, 5.41) is 2.81. The van der Waals surface area contributed by atoms with E-state index in [1.807, 2.05) is 31.2 Å². The van der Waals surface area contributed by atoms with E-state index >= 15 is 0 Å². The SMILES string of the molecule is Cc1ccccc1NC(=O)COc1cccc(C=C2C(=O)c3ccccc3C2=O)c1. The van der Waals surface area contributed by atoms with Crippen LogP contribution in [0.5, 0.6) is 5.75 Å². The molecule has 0 fully saturated rings. The van der Waals surface area contributed by atoms with Crippen molar-refractivity contribution in [3.63, 3.8) is 0 Å². The van der Waals surface area contributed by atoms with Crippen LogP contribution < -0.4 is 10.1 Å². The Morgan fingerprint density at radius 2 is 1.57 bits per heavy atom. The first-order valence-corrected chi connectivity index (χ1v) is 9.51. The predicted molar refractivity (Wildman–Crippen MR) is 115 cm³/mol. The highest BCUT2D eigenvalue weighted by Crippen LogP contribution is 2.28. The summed E-state index contributed by atoms with van der Waals surface area (Å²) in [5.74, 6) is -0.358. The zero-order valence-corrected chi connectivity index (χ0v) is 16.3. The maximum absolute atomic E-state index is 12.5. The number of hydrogen-bond donors (Lipinski definition) is 1. The highest BCUT2D eigenvalue weighted by Gasteiger charge is 2.32. The molecule has 1 aliphatic carbocycles. The molecular formula is C25H19NO4. The lowest BCUT2D eigenvalue weighted by atomic mass is 10.1. The normalized spacial score (nSPS) is 12.5. The number of ether oxygens (including phenoxy) is 1. The molecule has 1 amide bonds. The summed E-state index contributed by atoms with van der Waals surface area (Å²) >= 11 is 0. The van der Waals surface area contributed by atoms with Crippen molar-refractivity contribution < 1.29 is 19.1 Å². The van der Waals surface area contributed by atoms with Gasteiger partial charge in [0, 0.05) is 16.8 Å². The second-order valence-electron chi connectivity index (χ2n) is 6.99. The summed E-state index contributed by atoms with van der Waals surface area (Å²) in [7, 11) is 0. The third-order valence-electron chi connectivity index (χ3n) is 4.86. The van der Waals surface area contributed by atoms with E-state index in [1.54, 1.807) is 54.6 Å². The van der Waals surface area contributed by atoms with Crippen molar-refractivity contribution in [2.24, 2.45) is 0 Å². The number of hydrogen-bond acceptors (Lipinski definition) is 4. The fourth-order valence-electron chi connectivity index (χ4n) is 3.31. The second kappa shape index (κ2) is 8.17. The molecule has 5 heteroatoms. The van der Waals surface area contributed by atoms with Crippen molar-refractivity contribution in [2.45, 2.75) is 6.92 Å². The van der Waals surface area contributed by atoms with E-state index in [9.17, 15) is 14.4 Å². The summed E-state index contributed by atoms with van der Waals surface area (Å²) in [6.07, 6.45) is 1.56. The molecule has 0 saturated heterocycles. The number of amides is 1. The van der Waals surface area contributed by atoms with Gasteiger partial charge in [0.25, 0.3) is 5.91 Å². The zero-order chi connectivity index (χ0) is 21.1. The van der Waals surface area contributed by atoms with Gasteiger partial charge in [0.05, 0.1) is 5.57 Å². The number of allylic oxidation sites excluding steroid dienone is 1. The molecule has 4 rings (SSSR count). The maximum Gasteiger partial charge on any atom is 0.262 e. The molecule has 0 bridgehead atoms. The minimum Gasteiger partial charge on any atom is -0.484 e. The van der Waals surface area contributed by atoms with Crippen LogP contribution in [0.4, 0.5) is 5.69 Å². The lowest BCUT2D eigenvalue weighted by molar-refractivity contribution is -0.118. The third kappa shape index (κ3) is 3.91. The second-order valence-corrected chi connectivity index (χ2v) is 6.99. The van der Waals surface area contributed by atoms with Gasteiger partial charge in [0.1, 0.15) is 5.75 Å². The molecular weight excluding hydrogens is 378 g/mol. The van der Waals surface area contributed by atoms with Gasteiger partial charge in [-0.05, 0) is 42.3 Å². The van der Waals surface area contributed by atoms with Crippen molar-refractivity contribution in [2.75, 3.05) is 11.9 Å². The van der Waals surface area contributed by atoms with E-state index in [0.717, 1.165) is 11.3 Å². The monoisotopic (exact) mass is 397 g/mol. The van der Waals surface area contributed by atoms with Crippen molar-refractivity contribution in [3.05, 3.63) is 101 Å². The zero-order valence-electron chi connectivity index (χ0n) is 16.3. The van der Waals surface area contributed by atoms with Gasteiger partial charge in [-0.3, -0.25) is 14.4 Å². The van der Waals surface area contributed by atoms with Gasteiger partial charge >= 0.3 is 0 Å². The molecule has 3 aromatic rings. The van der Waals surface area contributed by atoms with E-state index in [4.69, 9.17) is 4.74 Å². The number of carbonyl (C=O) groups excluding carboxylic acids is 3. The largest absolute Gasteiger partial charge is 0.484 e. The number of ketones is 2. The van der Waals surface area contributed by atoms with Crippen molar-refractivity contribution >= 4 is 29.2 Å². The summed E-state index contributed by atoms with van der Waals surface area (Å²) < 4.78 is 5.59. The number of aryl methyl sites for hydroxylation is 1. The summed E-state index contributed by atoms with van der Waals surface area (Å²) in [4.78, 5) is 37.3. The Labute approximate surface area is 174 Å². The molecule has 1 aliphatic rings. The van der Waals surface area contributed by atoms with Crippen LogP contribution in [0.3, 0.4) is 0 Å². The Morgan fingerprint density at radius 1 is 0.900 bits per heavy atom. The Kier molecular flexibility index (Phi) is 5.26. The molecule has 0 heterocycles. The first kappa shape index (κ1) is 19.3. The Bertz CT molecular complexity index is 1160.